The molecule has 4 aliphatic carbocycles. The number of ketones is 2. The molecule has 0 bridgehead atoms. The van der Waals surface area contributed by atoms with Gasteiger partial charge in [0.05, 0.1) is 18.1 Å². The third kappa shape index (κ3) is 2.76. The number of aliphatic hydroxyl groups is 4. The Morgan fingerprint density at radius 1 is 1.10 bits per heavy atom. The molecule has 4 atom stereocenters. The zero-order valence-corrected chi connectivity index (χ0v) is 23.0. The topological polar surface area (TPSA) is 208 Å². The number of hydrogen-bond acceptors (Lipinski definition) is 10. The summed E-state index contributed by atoms with van der Waals surface area (Å²) in [5.41, 5.74) is -2.49. The largest absolute Gasteiger partial charge is 0.508 e. The molecule has 0 aliphatic heterocycles. The van der Waals surface area contributed by atoms with Crippen LogP contribution in [0.3, 0.4) is 0 Å². The molecular formula is C30H31NO10. The molecule has 2 aromatic carbocycles. The molecule has 0 radical (unpaired) electrons. The summed E-state index contributed by atoms with van der Waals surface area (Å²) in [6.07, 6.45) is 0.488. The molecule has 0 aromatic heterocycles. The lowest BCUT2D eigenvalue weighted by molar-refractivity contribution is -0.193. The first kappa shape index (κ1) is 27.3. The Balaban J connectivity index is 1.79. The number of Topliss-reactive ketones (excluding diaryl/α,β-unsaturated/α-hetero) is 2. The fraction of sp³-hybridized carbons (Fsp3) is 0.433. The van der Waals surface area contributed by atoms with E-state index in [0.29, 0.717) is 22.3 Å². The van der Waals surface area contributed by atoms with Gasteiger partial charge in [-0.3, -0.25) is 14.4 Å². The number of phenolic OH excluding ortho intramolecular Hbond substituents is 2. The van der Waals surface area contributed by atoms with E-state index in [1.165, 1.54) is 13.2 Å². The predicted octanol–water partition coefficient (Wildman–Crippen LogP) is 1.78. The number of hydrogen-bond donors (Lipinski definition) is 7. The number of primary amides is 1. The lowest BCUT2D eigenvalue weighted by atomic mass is 9.54. The molecule has 1 amide bonds. The van der Waals surface area contributed by atoms with Crippen molar-refractivity contribution in [1.82, 2.24) is 0 Å². The molecule has 6 rings (SSSR count). The summed E-state index contributed by atoms with van der Waals surface area (Å²) in [4.78, 5) is 38.9. The quantitative estimate of drug-likeness (QED) is 0.207. The molecule has 0 saturated heterocycles. The highest BCUT2D eigenvalue weighted by molar-refractivity contribution is 6.24. The highest BCUT2D eigenvalue weighted by Crippen LogP contribution is 2.66. The van der Waals surface area contributed by atoms with Gasteiger partial charge in [-0.2, -0.15) is 0 Å². The number of benzene rings is 2. The van der Waals surface area contributed by atoms with Crippen LogP contribution in [0, 0.1) is 5.41 Å². The smallest absolute Gasteiger partial charge is 0.255 e. The van der Waals surface area contributed by atoms with Gasteiger partial charge in [0, 0.05) is 34.4 Å². The van der Waals surface area contributed by atoms with E-state index >= 15 is 0 Å². The van der Waals surface area contributed by atoms with Crippen LogP contribution in [-0.2, 0) is 21.4 Å². The predicted molar refractivity (Wildman–Crippen MR) is 144 cm³/mol. The maximum atomic E-state index is 14.1. The summed E-state index contributed by atoms with van der Waals surface area (Å²) in [6, 6.07) is 1.33. The van der Waals surface area contributed by atoms with Crippen LogP contribution in [0.4, 0.5) is 0 Å². The van der Waals surface area contributed by atoms with Crippen molar-refractivity contribution in [3.8, 4) is 17.2 Å². The number of aromatic hydroxyl groups is 2. The number of phenols is 2. The van der Waals surface area contributed by atoms with E-state index in [9.17, 15) is 45.0 Å². The monoisotopic (exact) mass is 565 g/mol. The van der Waals surface area contributed by atoms with Crippen molar-refractivity contribution in [3.63, 3.8) is 0 Å². The molecule has 216 valence electrons. The van der Waals surface area contributed by atoms with Gasteiger partial charge < -0.3 is 41.1 Å². The Hall–Kier alpha value is -3.93. The summed E-state index contributed by atoms with van der Waals surface area (Å²) in [6.45, 7) is 6.10. The van der Waals surface area contributed by atoms with Crippen molar-refractivity contribution in [2.24, 2.45) is 11.1 Å². The Morgan fingerprint density at radius 3 is 2.34 bits per heavy atom. The van der Waals surface area contributed by atoms with Gasteiger partial charge in [-0.25, -0.2) is 0 Å². The first-order valence-corrected chi connectivity index (χ1v) is 13.3. The van der Waals surface area contributed by atoms with Gasteiger partial charge in [-0.05, 0) is 37.2 Å². The van der Waals surface area contributed by atoms with Gasteiger partial charge in [-0.1, -0.05) is 25.5 Å². The summed E-state index contributed by atoms with van der Waals surface area (Å²) >= 11 is 0. The first-order chi connectivity index (χ1) is 19.0. The highest BCUT2D eigenvalue weighted by atomic mass is 16.5. The molecule has 1 spiro atoms. The Bertz CT molecular complexity index is 1720. The number of aliphatic hydroxyl groups excluding tert-OH is 2. The molecule has 4 aliphatic rings. The van der Waals surface area contributed by atoms with Crippen LogP contribution in [0.5, 0.6) is 17.2 Å². The van der Waals surface area contributed by atoms with Crippen molar-refractivity contribution < 1.29 is 49.8 Å². The number of carbonyl (C=O) groups excluding carboxylic acids is 3. The fourth-order valence-electron chi connectivity index (χ4n) is 8.11. The van der Waals surface area contributed by atoms with E-state index in [0.717, 1.165) is 18.4 Å². The third-order valence-corrected chi connectivity index (χ3v) is 10.2. The summed E-state index contributed by atoms with van der Waals surface area (Å²) in [7, 11) is 1.44. The molecule has 0 saturated carbocycles. The minimum Gasteiger partial charge on any atom is -0.508 e. The van der Waals surface area contributed by atoms with Crippen LogP contribution in [0.2, 0.25) is 0 Å². The van der Waals surface area contributed by atoms with E-state index in [1.54, 1.807) is 0 Å². The van der Waals surface area contributed by atoms with Gasteiger partial charge in [0.15, 0.2) is 11.5 Å². The van der Waals surface area contributed by atoms with Crippen LogP contribution >= 0.6 is 0 Å². The third-order valence-electron chi connectivity index (χ3n) is 10.2. The van der Waals surface area contributed by atoms with Gasteiger partial charge in [0.25, 0.3) is 5.91 Å². The van der Waals surface area contributed by atoms with Crippen LogP contribution in [0.15, 0.2) is 29.0 Å². The molecule has 11 heteroatoms. The molecule has 41 heavy (non-hydrogen) atoms. The van der Waals surface area contributed by atoms with E-state index in [1.807, 2.05) is 6.92 Å². The number of allylic oxidation sites excluding steroid dienone is 2. The normalized spacial score (nSPS) is 31.8. The van der Waals surface area contributed by atoms with Gasteiger partial charge in [-0.15, -0.1) is 0 Å². The maximum Gasteiger partial charge on any atom is 0.255 e. The Morgan fingerprint density at radius 2 is 1.76 bits per heavy atom. The number of methoxy groups -OCH3 is 1. The lowest BCUT2D eigenvalue weighted by Gasteiger charge is -2.51. The number of ether oxygens (including phenoxy) is 1. The molecule has 0 unspecified atom stereocenters. The minimum absolute atomic E-state index is 0.138. The van der Waals surface area contributed by atoms with Crippen LogP contribution in [-0.4, -0.2) is 66.4 Å². The van der Waals surface area contributed by atoms with Gasteiger partial charge in [0.2, 0.25) is 11.4 Å². The van der Waals surface area contributed by atoms with E-state index < -0.39 is 80.4 Å². The van der Waals surface area contributed by atoms with Crippen molar-refractivity contribution in [3.05, 3.63) is 51.3 Å². The molecule has 11 nitrogen and oxygen atoms in total. The van der Waals surface area contributed by atoms with E-state index in [2.05, 4.69) is 19.9 Å². The number of rotatable bonds is 2. The molecule has 0 fully saturated rings. The maximum absolute atomic E-state index is 14.1. The number of fused-ring (bicyclic) bond motifs is 4. The standard InChI is InChI=1S/C30H31NO10/c1-11-6-5-7-27(2,3)28(11)9-12-16-18(13(32)8-15(41-4)21(16)28)22(34)20-17(12)23(35)29(39)10-14(33)19(26(31)38)24(36)30(29,40)25(20)37/h6,8,23,32,34-36,39-40H,5,7,9-10H2,1-4H3,(H2,31,38)/t23-,28+,29+,30+/m1/s1. The van der Waals surface area contributed by atoms with Crippen molar-refractivity contribution in [2.75, 3.05) is 7.11 Å². The second kappa shape index (κ2) is 7.87. The van der Waals surface area contributed by atoms with Crippen LogP contribution in [0.1, 0.15) is 73.2 Å². The fourth-order valence-corrected chi connectivity index (χ4v) is 8.11. The summed E-state index contributed by atoms with van der Waals surface area (Å²) in [5, 5.41) is 68.9. The molecular weight excluding hydrogens is 534 g/mol. The second-order valence-corrected chi connectivity index (χ2v) is 12.3. The van der Waals surface area contributed by atoms with Gasteiger partial charge in [0.1, 0.15) is 34.5 Å². The number of carbonyl (C=O) groups is 3. The first-order valence-electron chi connectivity index (χ1n) is 13.3. The molecule has 0 heterocycles. The Labute approximate surface area is 234 Å². The second-order valence-electron chi connectivity index (χ2n) is 12.3. The van der Waals surface area contributed by atoms with E-state index in [4.69, 9.17) is 10.5 Å². The summed E-state index contributed by atoms with van der Waals surface area (Å²) in [5.74, 6) is -6.54. The van der Waals surface area contributed by atoms with Crippen LogP contribution in [0.25, 0.3) is 10.8 Å². The summed E-state index contributed by atoms with van der Waals surface area (Å²) < 4.78 is 5.73. The van der Waals surface area contributed by atoms with Gasteiger partial charge >= 0.3 is 0 Å². The van der Waals surface area contributed by atoms with Crippen molar-refractivity contribution in [2.45, 2.75) is 69.2 Å². The number of amides is 1. The zero-order chi connectivity index (χ0) is 30.2. The van der Waals surface area contributed by atoms with Crippen molar-refractivity contribution in [1.29, 1.82) is 0 Å². The molecule has 2 aromatic rings. The number of nitrogens with two attached hydrogens (primary N) is 1. The van der Waals surface area contributed by atoms with Crippen LogP contribution < -0.4 is 10.5 Å². The zero-order valence-electron chi connectivity index (χ0n) is 23.0. The van der Waals surface area contributed by atoms with Crippen molar-refractivity contribution >= 4 is 28.2 Å². The minimum atomic E-state index is -3.41. The Kier molecular flexibility index (Phi) is 5.23. The highest BCUT2D eigenvalue weighted by Gasteiger charge is 2.71. The lowest BCUT2D eigenvalue weighted by Crippen LogP contribution is -2.69. The molecule has 8 N–H and O–H groups in total. The average Bonchev–Trinajstić information content (AvgIpc) is 3.24. The SMILES string of the molecule is COc1cc(O)c2c(O)c3c(c4c2c1[C@]1(C4)C(C)=CCCC1(C)C)[C@@H](O)[C@@]1(O)CC(=O)C(C(N)=O)=C(O)[C@]1(O)C3=O. The van der Waals surface area contributed by atoms with E-state index in [-0.39, 0.29) is 17.4 Å². The average molecular weight is 566 g/mol.